The van der Waals surface area contributed by atoms with Crippen LogP contribution in [0, 0.1) is 6.92 Å². The SMILES string of the molecule is CC(=O)OC(C)N1CC(C)c2oc(C3CC3)cc2C1=O.Cc1ccccc1. The Kier molecular flexibility index (Phi) is 5.68. The first-order valence-corrected chi connectivity index (χ1v) is 9.50. The largest absolute Gasteiger partial charge is 0.465 e. The van der Waals surface area contributed by atoms with Gasteiger partial charge in [-0.3, -0.25) is 9.59 Å². The van der Waals surface area contributed by atoms with Crippen LogP contribution >= 0.6 is 0 Å². The Morgan fingerprint density at radius 1 is 1.26 bits per heavy atom. The zero-order valence-corrected chi connectivity index (χ0v) is 16.4. The highest BCUT2D eigenvalue weighted by Crippen LogP contribution is 2.44. The smallest absolute Gasteiger partial charge is 0.304 e. The van der Waals surface area contributed by atoms with Crippen LogP contribution in [-0.2, 0) is 9.53 Å². The number of esters is 1. The van der Waals surface area contributed by atoms with Crippen LogP contribution in [0.3, 0.4) is 0 Å². The summed E-state index contributed by atoms with van der Waals surface area (Å²) in [5, 5.41) is 0. The highest BCUT2D eigenvalue weighted by molar-refractivity contribution is 5.97. The second-order valence-electron chi connectivity index (χ2n) is 7.42. The average molecular weight is 369 g/mol. The molecule has 2 unspecified atom stereocenters. The third-order valence-electron chi connectivity index (χ3n) is 4.88. The van der Waals surface area contributed by atoms with Crippen molar-refractivity contribution >= 4 is 11.9 Å². The fourth-order valence-corrected chi connectivity index (χ4v) is 3.29. The van der Waals surface area contributed by atoms with Crippen molar-refractivity contribution in [2.24, 2.45) is 0 Å². The van der Waals surface area contributed by atoms with Gasteiger partial charge in [0.1, 0.15) is 11.5 Å². The molecule has 1 fully saturated rings. The summed E-state index contributed by atoms with van der Waals surface area (Å²) in [7, 11) is 0. The first kappa shape index (κ1) is 19.2. The molecule has 27 heavy (non-hydrogen) atoms. The van der Waals surface area contributed by atoms with E-state index in [4.69, 9.17) is 9.15 Å². The molecule has 0 radical (unpaired) electrons. The molecule has 1 aromatic carbocycles. The molecule has 2 aromatic rings. The Balaban J connectivity index is 0.000000253. The van der Waals surface area contributed by atoms with Gasteiger partial charge in [-0.05, 0) is 32.8 Å². The maximum atomic E-state index is 12.5. The molecule has 2 heterocycles. The number of ether oxygens (including phenoxy) is 1. The van der Waals surface area contributed by atoms with Crippen LogP contribution < -0.4 is 0 Å². The number of hydrogen-bond donors (Lipinski definition) is 0. The van der Waals surface area contributed by atoms with Gasteiger partial charge in [0.25, 0.3) is 5.91 Å². The number of fused-ring (bicyclic) bond motifs is 1. The van der Waals surface area contributed by atoms with E-state index in [1.54, 1.807) is 11.8 Å². The quantitative estimate of drug-likeness (QED) is 0.741. The Labute approximate surface area is 160 Å². The Morgan fingerprint density at radius 2 is 1.93 bits per heavy atom. The zero-order chi connectivity index (χ0) is 19.6. The van der Waals surface area contributed by atoms with E-state index in [0.717, 1.165) is 24.4 Å². The molecule has 2 atom stereocenters. The minimum Gasteiger partial charge on any atom is -0.465 e. The summed E-state index contributed by atoms with van der Waals surface area (Å²) in [6.07, 6.45) is 1.74. The maximum Gasteiger partial charge on any atom is 0.304 e. The van der Waals surface area contributed by atoms with E-state index in [1.165, 1.54) is 12.5 Å². The number of carbonyl (C=O) groups is 2. The molecule has 0 saturated heterocycles. The molecule has 2 aliphatic rings. The van der Waals surface area contributed by atoms with Crippen LogP contribution in [-0.4, -0.2) is 29.5 Å². The minimum atomic E-state index is -0.546. The zero-order valence-electron chi connectivity index (χ0n) is 16.4. The molecular weight excluding hydrogens is 342 g/mol. The topological polar surface area (TPSA) is 59.8 Å². The molecule has 144 valence electrons. The van der Waals surface area contributed by atoms with Gasteiger partial charge < -0.3 is 14.1 Å². The van der Waals surface area contributed by atoms with Crippen LogP contribution in [0.15, 0.2) is 40.8 Å². The standard InChI is InChI=1S/C15H19NO4.C7H8/c1-8-7-16(9(2)19-10(3)17)15(18)12-6-13(11-4-5-11)20-14(8)12;1-7-5-3-2-4-6-7/h6,8-9,11H,4-5,7H2,1-3H3;2-6H,1H3. The summed E-state index contributed by atoms with van der Waals surface area (Å²) in [4.78, 5) is 25.2. The lowest BCUT2D eigenvalue weighted by molar-refractivity contribution is -0.152. The number of carbonyl (C=O) groups excluding carboxylic acids is 2. The minimum absolute atomic E-state index is 0.109. The molecule has 1 saturated carbocycles. The second-order valence-corrected chi connectivity index (χ2v) is 7.42. The van der Waals surface area contributed by atoms with Crippen LogP contribution in [0.2, 0.25) is 0 Å². The first-order valence-electron chi connectivity index (χ1n) is 9.50. The van der Waals surface area contributed by atoms with E-state index in [9.17, 15) is 9.59 Å². The maximum absolute atomic E-state index is 12.5. The summed E-state index contributed by atoms with van der Waals surface area (Å²) in [5.74, 6) is 1.82. The molecule has 5 nitrogen and oxygen atoms in total. The number of furan rings is 1. The van der Waals surface area contributed by atoms with Crippen LogP contribution in [0.1, 0.15) is 72.9 Å². The molecule has 0 N–H and O–H groups in total. The fraction of sp³-hybridized carbons (Fsp3) is 0.455. The summed E-state index contributed by atoms with van der Waals surface area (Å²) in [6.45, 7) is 7.69. The van der Waals surface area contributed by atoms with E-state index < -0.39 is 6.23 Å². The van der Waals surface area contributed by atoms with Gasteiger partial charge in [-0.2, -0.15) is 0 Å². The molecule has 0 spiro atoms. The first-order chi connectivity index (χ1) is 12.9. The molecule has 1 aromatic heterocycles. The van der Waals surface area contributed by atoms with E-state index in [2.05, 4.69) is 19.1 Å². The summed E-state index contributed by atoms with van der Waals surface area (Å²) in [5.41, 5.74) is 1.95. The van der Waals surface area contributed by atoms with Crippen LogP contribution in [0.25, 0.3) is 0 Å². The molecule has 1 aliphatic carbocycles. The van der Waals surface area contributed by atoms with Gasteiger partial charge in [-0.15, -0.1) is 0 Å². The number of rotatable bonds is 3. The molecule has 4 rings (SSSR count). The number of nitrogens with zero attached hydrogens (tertiary/aromatic N) is 1. The summed E-state index contributed by atoms with van der Waals surface area (Å²) < 4.78 is 11.0. The van der Waals surface area contributed by atoms with E-state index in [1.807, 2.05) is 31.2 Å². The van der Waals surface area contributed by atoms with Crippen LogP contribution in [0.4, 0.5) is 0 Å². The van der Waals surface area contributed by atoms with Gasteiger partial charge in [0, 0.05) is 25.3 Å². The van der Waals surface area contributed by atoms with Crippen molar-refractivity contribution < 1.29 is 18.7 Å². The number of benzene rings is 1. The summed E-state index contributed by atoms with van der Waals surface area (Å²) in [6, 6.07) is 12.1. The van der Waals surface area contributed by atoms with E-state index >= 15 is 0 Å². The molecular formula is C22H27NO4. The van der Waals surface area contributed by atoms with Gasteiger partial charge >= 0.3 is 5.97 Å². The van der Waals surface area contributed by atoms with Crippen molar-refractivity contribution in [3.05, 3.63) is 59.0 Å². The van der Waals surface area contributed by atoms with Gasteiger partial charge in [0.2, 0.25) is 0 Å². The lowest BCUT2D eigenvalue weighted by Gasteiger charge is -2.33. The van der Waals surface area contributed by atoms with Crippen LogP contribution in [0.5, 0.6) is 0 Å². The lowest BCUT2D eigenvalue weighted by atomic mass is 9.98. The Hall–Kier alpha value is -2.56. The molecule has 1 amide bonds. The molecule has 1 aliphatic heterocycles. The van der Waals surface area contributed by atoms with Gasteiger partial charge in [0.05, 0.1) is 5.56 Å². The fourth-order valence-electron chi connectivity index (χ4n) is 3.29. The van der Waals surface area contributed by atoms with E-state index in [-0.39, 0.29) is 17.8 Å². The van der Waals surface area contributed by atoms with Crippen molar-refractivity contribution in [2.45, 2.75) is 58.6 Å². The Morgan fingerprint density at radius 3 is 2.44 bits per heavy atom. The highest BCUT2D eigenvalue weighted by Gasteiger charge is 2.38. The van der Waals surface area contributed by atoms with Gasteiger partial charge in [-0.1, -0.05) is 42.8 Å². The van der Waals surface area contributed by atoms with Crippen molar-refractivity contribution in [1.82, 2.24) is 4.90 Å². The number of amides is 1. The lowest BCUT2D eigenvalue weighted by Crippen LogP contribution is -2.45. The number of aryl methyl sites for hydroxylation is 1. The van der Waals surface area contributed by atoms with E-state index in [0.29, 0.717) is 18.0 Å². The Bertz CT molecular complexity index is 807. The monoisotopic (exact) mass is 369 g/mol. The molecule has 0 bridgehead atoms. The van der Waals surface area contributed by atoms with Crippen molar-refractivity contribution in [2.75, 3.05) is 6.54 Å². The highest BCUT2D eigenvalue weighted by atomic mass is 16.6. The normalized spacial score (nSPS) is 19.6. The van der Waals surface area contributed by atoms with Crippen molar-refractivity contribution in [3.8, 4) is 0 Å². The number of hydrogen-bond acceptors (Lipinski definition) is 4. The second kappa shape index (κ2) is 7.99. The van der Waals surface area contributed by atoms with Gasteiger partial charge in [0.15, 0.2) is 6.23 Å². The van der Waals surface area contributed by atoms with Crippen molar-refractivity contribution in [1.29, 1.82) is 0 Å². The molecule has 5 heteroatoms. The average Bonchev–Trinajstić information content (AvgIpc) is 3.37. The predicted octanol–water partition coefficient (Wildman–Crippen LogP) is 4.62. The predicted molar refractivity (Wildman–Crippen MR) is 103 cm³/mol. The summed E-state index contributed by atoms with van der Waals surface area (Å²) >= 11 is 0. The van der Waals surface area contributed by atoms with Gasteiger partial charge in [-0.25, -0.2) is 0 Å². The third-order valence-corrected chi connectivity index (χ3v) is 4.88. The third kappa shape index (κ3) is 4.59. The van der Waals surface area contributed by atoms with Crippen molar-refractivity contribution in [3.63, 3.8) is 0 Å².